The van der Waals surface area contributed by atoms with Crippen LogP contribution in [0.15, 0.2) is 0 Å². The van der Waals surface area contributed by atoms with Gasteiger partial charge in [-0.05, 0) is 12.3 Å². The third-order valence-corrected chi connectivity index (χ3v) is 3.45. The topological polar surface area (TPSA) is 80.4 Å². The molecule has 92 valence electrons. The largest absolute Gasteiger partial charge is 0.327 e. The van der Waals surface area contributed by atoms with Crippen LogP contribution in [0.5, 0.6) is 0 Å². The number of rotatable bonds is 8. The van der Waals surface area contributed by atoms with Crippen LogP contribution in [-0.2, 0) is 10.1 Å². The summed E-state index contributed by atoms with van der Waals surface area (Å²) in [6.45, 7) is 4.21. The van der Waals surface area contributed by atoms with E-state index in [0.717, 1.165) is 25.7 Å². The van der Waals surface area contributed by atoms with Gasteiger partial charge in [0.15, 0.2) is 0 Å². The summed E-state index contributed by atoms with van der Waals surface area (Å²) >= 11 is 0. The fourth-order valence-electron chi connectivity index (χ4n) is 1.75. The van der Waals surface area contributed by atoms with Crippen molar-refractivity contribution in [2.24, 2.45) is 11.7 Å². The molecule has 0 aliphatic heterocycles. The van der Waals surface area contributed by atoms with Crippen molar-refractivity contribution in [1.82, 2.24) is 0 Å². The van der Waals surface area contributed by atoms with Crippen LogP contribution in [0.25, 0.3) is 0 Å². The van der Waals surface area contributed by atoms with Crippen LogP contribution >= 0.6 is 0 Å². The van der Waals surface area contributed by atoms with E-state index in [2.05, 4.69) is 13.8 Å². The van der Waals surface area contributed by atoms with Gasteiger partial charge in [-0.3, -0.25) is 4.55 Å². The van der Waals surface area contributed by atoms with Crippen molar-refractivity contribution < 1.29 is 13.0 Å². The molecule has 0 spiro atoms. The van der Waals surface area contributed by atoms with Crippen molar-refractivity contribution in [1.29, 1.82) is 0 Å². The molecule has 0 heterocycles. The molecule has 0 radical (unpaired) electrons. The highest BCUT2D eigenvalue weighted by Crippen LogP contribution is 2.18. The molecule has 0 aromatic heterocycles. The maximum Gasteiger partial charge on any atom is 0.266 e. The average molecular weight is 237 g/mol. The fraction of sp³-hybridized carbons (Fsp3) is 1.00. The first kappa shape index (κ1) is 14.9. The molecule has 0 amide bonds. The third kappa shape index (κ3) is 8.84. The van der Waals surface area contributed by atoms with Crippen LogP contribution in [-0.4, -0.2) is 24.8 Å². The van der Waals surface area contributed by atoms with Gasteiger partial charge in [0.05, 0.1) is 5.75 Å². The molecular weight excluding hydrogens is 214 g/mol. The Balaban J connectivity index is 3.95. The smallest absolute Gasteiger partial charge is 0.266 e. The lowest BCUT2D eigenvalue weighted by Gasteiger charge is -2.18. The third-order valence-electron chi connectivity index (χ3n) is 2.60. The minimum atomic E-state index is -3.92. The summed E-state index contributed by atoms with van der Waals surface area (Å²) in [5.41, 5.74) is 5.67. The maximum atomic E-state index is 10.6. The normalized spacial score (nSPS) is 16.3. The van der Waals surface area contributed by atoms with Crippen LogP contribution in [0.4, 0.5) is 0 Å². The van der Waals surface area contributed by atoms with E-state index >= 15 is 0 Å². The number of nitrogens with two attached hydrogens (primary N) is 1. The first-order chi connectivity index (χ1) is 6.89. The Morgan fingerprint density at radius 3 is 2.33 bits per heavy atom. The maximum absolute atomic E-state index is 10.6. The molecule has 4 nitrogen and oxygen atoms in total. The van der Waals surface area contributed by atoms with E-state index in [9.17, 15) is 8.42 Å². The van der Waals surface area contributed by atoms with Gasteiger partial charge in [0.2, 0.25) is 0 Å². The van der Waals surface area contributed by atoms with E-state index in [-0.39, 0.29) is 5.75 Å². The Bertz CT molecular complexity index is 251. The molecule has 0 aliphatic carbocycles. The fourth-order valence-corrected chi connectivity index (χ4v) is 2.43. The monoisotopic (exact) mass is 237 g/mol. The van der Waals surface area contributed by atoms with E-state index < -0.39 is 16.2 Å². The van der Waals surface area contributed by atoms with Crippen LogP contribution in [0.1, 0.15) is 46.0 Å². The van der Waals surface area contributed by atoms with Crippen molar-refractivity contribution in [2.45, 2.75) is 52.0 Å². The second kappa shape index (κ2) is 7.19. The second-order valence-electron chi connectivity index (χ2n) is 4.16. The predicted molar refractivity (Wildman–Crippen MR) is 62.3 cm³/mol. The molecule has 0 bridgehead atoms. The van der Waals surface area contributed by atoms with E-state index in [4.69, 9.17) is 10.3 Å². The van der Waals surface area contributed by atoms with Gasteiger partial charge in [-0.1, -0.05) is 39.5 Å². The molecule has 0 fully saturated rings. The Morgan fingerprint density at radius 2 is 1.93 bits per heavy atom. The van der Waals surface area contributed by atoms with Crippen molar-refractivity contribution in [2.75, 3.05) is 5.75 Å². The molecule has 0 aromatic rings. The van der Waals surface area contributed by atoms with Crippen molar-refractivity contribution in [3.63, 3.8) is 0 Å². The minimum Gasteiger partial charge on any atom is -0.327 e. The van der Waals surface area contributed by atoms with Crippen LogP contribution in [0.3, 0.4) is 0 Å². The molecule has 0 saturated carbocycles. The lowest BCUT2D eigenvalue weighted by atomic mass is 9.93. The summed E-state index contributed by atoms with van der Waals surface area (Å²) in [5.74, 6) is 0.150. The van der Waals surface area contributed by atoms with Gasteiger partial charge >= 0.3 is 0 Å². The highest BCUT2D eigenvalue weighted by atomic mass is 32.2. The van der Waals surface area contributed by atoms with Crippen LogP contribution in [0, 0.1) is 5.92 Å². The SMILES string of the molecule is CCCCC(CC)CC(N)CS(=O)(=O)O. The van der Waals surface area contributed by atoms with Crippen LogP contribution in [0.2, 0.25) is 0 Å². The molecule has 2 atom stereocenters. The van der Waals surface area contributed by atoms with Gasteiger partial charge in [-0.2, -0.15) is 8.42 Å². The zero-order valence-electron chi connectivity index (χ0n) is 9.65. The number of hydrogen-bond donors (Lipinski definition) is 2. The van der Waals surface area contributed by atoms with Gasteiger partial charge in [0.1, 0.15) is 0 Å². The molecule has 15 heavy (non-hydrogen) atoms. The number of hydrogen-bond acceptors (Lipinski definition) is 3. The standard InChI is InChI=1S/C10H23NO3S/c1-3-5-6-9(4-2)7-10(11)8-15(12,13)14/h9-10H,3-8,11H2,1-2H3,(H,12,13,14). The van der Waals surface area contributed by atoms with E-state index in [0.29, 0.717) is 12.3 Å². The van der Waals surface area contributed by atoms with Gasteiger partial charge in [-0.15, -0.1) is 0 Å². The summed E-state index contributed by atoms with van der Waals surface area (Å²) in [6.07, 6.45) is 5.07. The highest BCUT2D eigenvalue weighted by molar-refractivity contribution is 7.85. The Labute approximate surface area is 93.0 Å². The first-order valence-corrected chi connectivity index (χ1v) is 7.20. The highest BCUT2D eigenvalue weighted by Gasteiger charge is 2.16. The minimum absolute atomic E-state index is 0.324. The zero-order chi connectivity index (χ0) is 11.9. The Morgan fingerprint density at radius 1 is 1.33 bits per heavy atom. The van der Waals surface area contributed by atoms with E-state index in [1.807, 2.05) is 0 Å². The molecule has 0 aliphatic rings. The van der Waals surface area contributed by atoms with Gasteiger partial charge in [0, 0.05) is 6.04 Å². The molecular formula is C10H23NO3S. The van der Waals surface area contributed by atoms with Crippen molar-refractivity contribution >= 4 is 10.1 Å². The van der Waals surface area contributed by atoms with E-state index in [1.54, 1.807) is 0 Å². The van der Waals surface area contributed by atoms with Gasteiger partial charge < -0.3 is 5.73 Å². The summed E-state index contributed by atoms with van der Waals surface area (Å²) < 4.78 is 29.8. The Hall–Kier alpha value is -0.130. The summed E-state index contributed by atoms with van der Waals surface area (Å²) in [5, 5.41) is 0. The summed E-state index contributed by atoms with van der Waals surface area (Å²) in [6, 6.07) is -0.443. The van der Waals surface area contributed by atoms with E-state index in [1.165, 1.54) is 0 Å². The second-order valence-corrected chi connectivity index (χ2v) is 5.66. The summed E-state index contributed by atoms with van der Waals surface area (Å²) in [7, 11) is -3.92. The first-order valence-electron chi connectivity index (χ1n) is 5.59. The molecule has 0 aromatic carbocycles. The van der Waals surface area contributed by atoms with Gasteiger partial charge in [0.25, 0.3) is 10.1 Å². The van der Waals surface area contributed by atoms with Gasteiger partial charge in [-0.25, -0.2) is 0 Å². The lowest BCUT2D eigenvalue weighted by molar-refractivity contribution is 0.389. The molecule has 0 saturated heterocycles. The quantitative estimate of drug-likeness (QED) is 0.631. The molecule has 2 unspecified atom stereocenters. The Kier molecular flexibility index (Phi) is 7.13. The number of unbranched alkanes of at least 4 members (excludes halogenated alkanes) is 1. The lowest BCUT2D eigenvalue weighted by Crippen LogP contribution is -2.31. The molecule has 0 rings (SSSR count). The molecule has 5 heteroatoms. The van der Waals surface area contributed by atoms with Crippen LogP contribution < -0.4 is 5.73 Å². The summed E-state index contributed by atoms with van der Waals surface area (Å²) in [4.78, 5) is 0. The van der Waals surface area contributed by atoms with Crippen molar-refractivity contribution in [3.8, 4) is 0 Å². The average Bonchev–Trinajstić information content (AvgIpc) is 2.09. The zero-order valence-corrected chi connectivity index (χ0v) is 10.5. The molecule has 3 N–H and O–H groups in total. The van der Waals surface area contributed by atoms with Crippen molar-refractivity contribution in [3.05, 3.63) is 0 Å². The predicted octanol–water partition coefficient (Wildman–Crippen LogP) is 1.81.